The molecule has 0 aromatic carbocycles. The van der Waals surface area contributed by atoms with Crippen molar-refractivity contribution in [3.63, 3.8) is 0 Å². The average molecular weight is 363 g/mol. The molecular weight excluding hydrogens is 316 g/mol. The first-order chi connectivity index (χ1) is 12.8. The van der Waals surface area contributed by atoms with Crippen molar-refractivity contribution < 1.29 is 4.74 Å². The van der Waals surface area contributed by atoms with Gasteiger partial charge in [-0.3, -0.25) is 0 Å². The second-order valence-electron chi connectivity index (χ2n) is 9.27. The Balaban J connectivity index is 1.50. The Kier molecular flexibility index (Phi) is 11.7. The lowest BCUT2D eigenvalue weighted by Gasteiger charge is -2.38. The molecule has 2 saturated carbocycles. The van der Waals surface area contributed by atoms with Gasteiger partial charge in [0.1, 0.15) is 0 Å². The van der Waals surface area contributed by atoms with E-state index in [2.05, 4.69) is 13.5 Å². The van der Waals surface area contributed by atoms with Crippen LogP contribution in [0.15, 0.2) is 12.7 Å². The lowest BCUT2D eigenvalue weighted by molar-refractivity contribution is 0.110. The molecule has 2 fully saturated rings. The standard InChI is InChI=1S/C25H46O/c1-3-5-6-7-8-9-10-22-11-15-24(16-12-22)25-17-13-23(14-18-25)19-21-26-20-4-2/h4,22-25H,2-3,5-21H2,1H3/t22-,23-,24-,25-. The molecule has 0 atom stereocenters. The van der Waals surface area contributed by atoms with Crippen LogP contribution in [0.1, 0.15) is 110 Å². The highest BCUT2D eigenvalue weighted by molar-refractivity contribution is 4.82. The molecule has 0 bridgehead atoms. The van der Waals surface area contributed by atoms with E-state index in [1.807, 2.05) is 6.08 Å². The molecule has 1 heteroatoms. The zero-order valence-corrected chi connectivity index (χ0v) is 17.7. The van der Waals surface area contributed by atoms with Crippen LogP contribution in [-0.4, -0.2) is 13.2 Å². The molecule has 0 aliphatic heterocycles. The van der Waals surface area contributed by atoms with Crippen LogP contribution in [0.3, 0.4) is 0 Å². The quantitative estimate of drug-likeness (QED) is 0.238. The summed E-state index contributed by atoms with van der Waals surface area (Å²) >= 11 is 0. The van der Waals surface area contributed by atoms with Crippen LogP contribution in [0.2, 0.25) is 0 Å². The molecule has 0 amide bonds. The van der Waals surface area contributed by atoms with E-state index < -0.39 is 0 Å². The normalized spacial score (nSPS) is 29.6. The largest absolute Gasteiger partial charge is 0.377 e. The summed E-state index contributed by atoms with van der Waals surface area (Å²) in [5.74, 6) is 4.11. The second-order valence-corrected chi connectivity index (χ2v) is 9.27. The molecule has 0 aromatic heterocycles. The van der Waals surface area contributed by atoms with E-state index in [4.69, 9.17) is 4.74 Å². The molecule has 0 radical (unpaired) electrons. The van der Waals surface area contributed by atoms with Crippen molar-refractivity contribution in [2.75, 3.05) is 13.2 Å². The van der Waals surface area contributed by atoms with Gasteiger partial charge in [0.25, 0.3) is 0 Å². The predicted molar refractivity (Wildman–Crippen MR) is 115 cm³/mol. The monoisotopic (exact) mass is 362 g/mol. The smallest absolute Gasteiger partial charge is 0.0644 e. The first kappa shape index (κ1) is 22.0. The van der Waals surface area contributed by atoms with Crippen molar-refractivity contribution in [2.45, 2.75) is 110 Å². The van der Waals surface area contributed by atoms with Crippen molar-refractivity contribution in [3.05, 3.63) is 12.7 Å². The molecule has 2 rings (SSSR count). The summed E-state index contributed by atoms with van der Waals surface area (Å²) in [6.07, 6.45) is 25.5. The van der Waals surface area contributed by atoms with Crippen LogP contribution in [0.25, 0.3) is 0 Å². The fourth-order valence-corrected chi connectivity index (χ4v) is 5.53. The molecule has 152 valence electrons. The van der Waals surface area contributed by atoms with Gasteiger partial charge in [-0.25, -0.2) is 0 Å². The topological polar surface area (TPSA) is 9.23 Å². The van der Waals surface area contributed by atoms with E-state index in [1.165, 1.54) is 103 Å². The summed E-state index contributed by atoms with van der Waals surface area (Å²) in [7, 11) is 0. The van der Waals surface area contributed by atoms with E-state index in [0.717, 1.165) is 36.9 Å². The predicted octanol–water partition coefficient (Wildman–Crippen LogP) is 7.94. The van der Waals surface area contributed by atoms with Crippen LogP contribution in [0, 0.1) is 23.7 Å². The molecule has 0 N–H and O–H groups in total. The van der Waals surface area contributed by atoms with Crippen LogP contribution < -0.4 is 0 Å². The van der Waals surface area contributed by atoms with Gasteiger partial charge in [-0.05, 0) is 55.8 Å². The van der Waals surface area contributed by atoms with Gasteiger partial charge >= 0.3 is 0 Å². The third kappa shape index (κ3) is 8.59. The molecule has 2 aliphatic rings. The molecule has 2 aliphatic carbocycles. The minimum Gasteiger partial charge on any atom is -0.377 e. The Hall–Kier alpha value is -0.300. The van der Waals surface area contributed by atoms with Gasteiger partial charge < -0.3 is 4.74 Å². The highest BCUT2D eigenvalue weighted by Crippen LogP contribution is 2.42. The molecule has 0 aromatic rings. The van der Waals surface area contributed by atoms with Crippen molar-refractivity contribution in [2.24, 2.45) is 23.7 Å². The first-order valence-corrected chi connectivity index (χ1v) is 12.0. The Morgan fingerprint density at radius 3 is 1.85 bits per heavy atom. The summed E-state index contributed by atoms with van der Waals surface area (Å²) < 4.78 is 5.58. The third-order valence-electron chi connectivity index (χ3n) is 7.32. The van der Waals surface area contributed by atoms with E-state index in [-0.39, 0.29) is 0 Å². The Bertz CT molecular complexity index is 334. The van der Waals surface area contributed by atoms with Gasteiger partial charge in [-0.1, -0.05) is 83.6 Å². The first-order valence-electron chi connectivity index (χ1n) is 12.0. The van der Waals surface area contributed by atoms with Gasteiger partial charge in [0.15, 0.2) is 0 Å². The van der Waals surface area contributed by atoms with Crippen molar-refractivity contribution >= 4 is 0 Å². The summed E-state index contributed by atoms with van der Waals surface area (Å²) in [5, 5.41) is 0. The zero-order chi connectivity index (χ0) is 18.5. The van der Waals surface area contributed by atoms with E-state index in [1.54, 1.807) is 0 Å². The molecule has 0 heterocycles. The Morgan fingerprint density at radius 1 is 0.731 bits per heavy atom. The van der Waals surface area contributed by atoms with Crippen molar-refractivity contribution in [3.8, 4) is 0 Å². The summed E-state index contributed by atoms with van der Waals surface area (Å²) in [6.45, 7) is 7.68. The fourth-order valence-electron chi connectivity index (χ4n) is 5.53. The van der Waals surface area contributed by atoms with Gasteiger partial charge in [0.05, 0.1) is 6.61 Å². The van der Waals surface area contributed by atoms with Gasteiger partial charge in [0.2, 0.25) is 0 Å². The van der Waals surface area contributed by atoms with E-state index in [9.17, 15) is 0 Å². The number of rotatable bonds is 13. The number of unbranched alkanes of at least 4 members (excludes halogenated alkanes) is 5. The zero-order valence-electron chi connectivity index (χ0n) is 17.7. The van der Waals surface area contributed by atoms with Gasteiger partial charge in [0, 0.05) is 6.61 Å². The summed E-state index contributed by atoms with van der Waals surface area (Å²) in [5.41, 5.74) is 0. The maximum Gasteiger partial charge on any atom is 0.0644 e. The maximum absolute atomic E-state index is 5.58. The molecule has 0 saturated heterocycles. The molecular formula is C25H46O. The third-order valence-corrected chi connectivity index (χ3v) is 7.32. The lowest BCUT2D eigenvalue weighted by atomic mass is 9.68. The minimum atomic E-state index is 0.720. The van der Waals surface area contributed by atoms with Gasteiger partial charge in [-0.2, -0.15) is 0 Å². The van der Waals surface area contributed by atoms with E-state index in [0.29, 0.717) is 0 Å². The minimum absolute atomic E-state index is 0.720. The summed E-state index contributed by atoms with van der Waals surface area (Å²) in [4.78, 5) is 0. The Labute approximate surface area is 164 Å². The highest BCUT2D eigenvalue weighted by atomic mass is 16.5. The maximum atomic E-state index is 5.58. The van der Waals surface area contributed by atoms with Crippen LogP contribution in [-0.2, 0) is 4.74 Å². The van der Waals surface area contributed by atoms with Crippen molar-refractivity contribution in [1.82, 2.24) is 0 Å². The molecule has 0 spiro atoms. The summed E-state index contributed by atoms with van der Waals surface area (Å²) in [6, 6.07) is 0. The highest BCUT2D eigenvalue weighted by Gasteiger charge is 2.30. The lowest BCUT2D eigenvalue weighted by Crippen LogP contribution is -2.26. The van der Waals surface area contributed by atoms with Crippen LogP contribution in [0.5, 0.6) is 0 Å². The number of ether oxygens (including phenoxy) is 1. The number of hydrogen-bond acceptors (Lipinski definition) is 1. The van der Waals surface area contributed by atoms with E-state index >= 15 is 0 Å². The van der Waals surface area contributed by atoms with Crippen molar-refractivity contribution in [1.29, 1.82) is 0 Å². The van der Waals surface area contributed by atoms with Crippen LogP contribution in [0.4, 0.5) is 0 Å². The molecule has 26 heavy (non-hydrogen) atoms. The number of hydrogen-bond donors (Lipinski definition) is 0. The molecule has 0 unspecified atom stereocenters. The molecule has 1 nitrogen and oxygen atoms in total. The second kappa shape index (κ2) is 13.8. The van der Waals surface area contributed by atoms with Crippen LogP contribution >= 0.6 is 0 Å². The SMILES string of the molecule is C=CCOCC[C@H]1CC[C@H]([C@H]2CC[C@H](CCCCCCCC)CC2)CC1. The average Bonchev–Trinajstić information content (AvgIpc) is 2.69. The Morgan fingerprint density at radius 2 is 1.27 bits per heavy atom. The fraction of sp³-hybridized carbons (Fsp3) is 0.920. The van der Waals surface area contributed by atoms with Gasteiger partial charge in [-0.15, -0.1) is 6.58 Å².